The van der Waals surface area contributed by atoms with Crippen LogP contribution in [0.5, 0.6) is 0 Å². The lowest BCUT2D eigenvalue weighted by Crippen LogP contribution is -2.14. The fraction of sp³-hybridized carbons (Fsp3) is 0.0769. The summed E-state index contributed by atoms with van der Waals surface area (Å²) in [7, 11) is 0. The molecule has 0 spiro atoms. The van der Waals surface area contributed by atoms with Crippen LogP contribution in [0, 0.1) is 5.41 Å². The van der Waals surface area contributed by atoms with Crippen molar-refractivity contribution in [3.05, 3.63) is 59.9 Å². The van der Waals surface area contributed by atoms with E-state index < -0.39 is 0 Å². The van der Waals surface area contributed by atoms with E-state index in [1.165, 1.54) is 5.56 Å². The Kier molecular flexibility index (Phi) is 3.77. The number of rotatable bonds is 4. The van der Waals surface area contributed by atoms with E-state index in [1.807, 2.05) is 30.3 Å². The molecule has 1 aromatic heterocycles. The van der Waals surface area contributed by atoms with Gasteiger partial charge in [-0.15, -0.1) is 11.8 Å². The predicted octanol–water partition coefficient (Wildman–Crippen LogP) is 2.66. The Morgan fingerprint density at radius 2 is 1.94 bits per heavy atom. The number of hydrogen-bond donors (Lipinski definition) is 2. The predicted molar refractivity (Wildman–Crippen MR) is 71.3 cm³/mol. The third-order valence-corrected chi connectivity index (χ3v) is 3.38. The molecule has 0 saturated heterocycles. The Morgan fingerprint density at radius 1 is 1.18 bits per heavy atom. The molecule has 0 aliphatic rings. The number of nitrogen functional groups attached to an aromatic ring is 1. The van der Waals surface area contributed by atoms with Gasteiger partial charge in [0.1, 0.15) is 11.5 Å². The first-order valence-corrected chi connectivity index (χ1v) is 6.22. The molecule has 0 aliphatic carbocycles. The van der Waals surface area contributed by atoms with Crippen molar-refractivity contribution >= 4 is 17.6 Å². The number of hydrogen-bond acceptors (Lipinski definition) is 3. The van der Waals surface area contributed by atoms with Crippen molar-refractivity contribution in [2.24, 2.45) is 5.73 Å². The molecule has 0 atom stereocenters. The number of nitrogens with zero attached hydrogens (tertiary/aromatic N) is 1. The van der Waals surface area contributed by atoms with Gasteiger partial charge >= 0.3 is 0 Å². The number of amidine groups is 1. The lowest BCUT2D eigenvalue weighted by molar-refractivity contribution is 1.17. The van der Waals surface area contributed by atoms with Gasteiger partial charge in [0, 0.05) is 16.8 Å². The van der Waals surface area contributed by atoms with Crippen LogP contribution in [0.1, 0.15) is 11.3 Å². The summed E-state index contributed by atoms with van der Waals surface area (Å²) >= 11 is 1.65. The molecular formula is C13H13N3S. The zero-order valence-electron chi connectivity index (χ0n) is 9.26. The van der Waals surface area contributed by atoms with Gasteiger partial charge in [-0.1, -0.05) is 30.3 Å². The molecule has 0 amide bonds. The minimum absolute atomic E-state index is 0.0150. The second-order valence-electron chi connectivity index (χ2n) is 3.54. The SMILES string of the molecule is N=C(N)c1ncccc1SCc1ccccc1. The third-order valence-electron chi connectivity index (χ3n) is 2.26. The topological polar surface area (TPSA) is 62.8 Å². The molecule has 1 heterocycles. The highest BCUT2D eigenvalue weighted by Crippen LogP contribution is 2.24. The lowest BCUT2D eigenvalue weighted by atomic mass is 10.2. The normalized spacial score (nSPS) is 10.1. The molecule has 0 fully saturated rings. The summed E-state index contributed by atoms with van der Waals surface area (Å²) in [6.45, 7) is 0. The summed E-state index contributed by atoms with van der Waals surface area (Å²) in [6, 6.07) is 14.0. The van der Waals surface area contributed by atoms with Crippen molar-refractivity contribution in [3.63, 3.8) is 0 Å². The van der Waals surface area contributed by atoms with Gasteiger partial charge in [0.05, 0.1) is 0 Å². The quantitative estimate of drug-likeness (QED) is 0.493. The average molecular weight is 243 g/mol. The van der Waals surface area contributed by atoms with Crippen LogP contribution < -0.4 is 5.73 Å². The number of nitrogens with two attached hydrogens (primary N) is 1. The monoisotopic (exact) mass is 243 g/mol. The standard InChI is InChI=1S/C13H13N3S/c14-13(15)12-11(7-4-8-16-12)17-9-10-5-2-1-3-6-10/h1-8H,9H2,(H3,14,15). The minimum Gasteiger partial charge on any atom is -0.382 e. The molecular weight excluding hydrogens is 230 g/mol. The summed E-state index contributed by atoms with van der Waals surface area (Å²) in [5, 5.41) is 7.46. The molecule has 0 aliphatic heterocycles. The second-order valence-corrected chi connectivity index (χ2v) is 4.56. The van der Waals surface area contributed by atoms with Gasteiger partial charge in [-0.25, -0.2) is 0 Å². The molecule has 0 bridgehead atoms. The fourth-order valence-corrected chi connectivity index (χ4v) is 2.43. The summed E-state index contributed by atoms with van der Waals surface area (Å²) in [4.78, 5) is 5.07. The molecule has 3 nitrogen and oxygen atoms in total. The summed E-state index contributed by atoms with van der Waals surface area (Å²) in [5.41, 5.74) is 7.30. The number of aromatic nitrogens is 1. The van der Waals surface area contributed by atoms with E-state index >= 15 is 0 Å². The average Bonchev–Trinajstić information content (AvgIpc) is 2.38. The first-order chi connectivity index (χ1) is 8.27. The summed E-state index contributed by atoms with van der Waals surface area (Å²) in [5.74, 6) is 0.869. The van der Waals surface area contributed by atoms with E-state index in [4.69, 9.17) is 11.1 Å². The van der Waals surface area contributed by atoms with E-state index in [0.29, 0.717) is 5.69 Å². The molecule has 0 saturated carbocycles. The van der Waals surface area contributed by atoms with Crippen molar-refractivity contribution < 1.29 is 0 Å². The maximum Gasteiger partial charge on any atom is 0.142 e. The number of benzene rings is 1. The Bertz CT molecular complexity index is 511. The van der Waals surface area contributed by atoms with Crippen molar-refractivity contribution in [1.29, 1.82) is 5.41 Å². The minimum atomic E-state index is 0.0150. The van der Waals surface area contributed by atoms with Gasteiger partial charge in [0.2, 0.25) is 0 Å². The number of thioether (sulfide) groups is 1. The van der Waals surface area contributed by atoms with Gasteiger partial charge in [-0.2, -0.15) is 0 Å². The van der Waals surface area contributed by atoms with E-state index in [1.54, 1.807) is 18.0 Å². The second kappa shape index (κ2) is 5.50. The van der Waals surface area contributed by atoms with Gasteiger partial charge in [0.15, 0.2) is 0 Å². The molecule has 3 N–H and O–H groups in total. The number of nitrogens with one attached hydrogen (secondary N) is 1. The summed E-state index contributed by atoms with van der Waals surface area (Å²) in [6.07, 6.45) is 1.66. The van der Waals surface area contributed by atoms with E-state index in [9.17, 15) is 0 Å². The maximum atomic E-state index is 7.46. The van der Waals surface area contributed by atoms with Gasteiger partial charge in [0.25, 0.3) is 0 Å². The van der Waals surface area contributed by atoms with Crippen LogP contribution in [0.15, 0.2) is 53.6 Å². The molecule has 0 radical (unpaired) electrons. The van der Waals surface area contributed by atoms with Crippen molar-refractivity contribution in [2.75, 3.05) is 0 Å². The van der Waals surface area contributed by atoms with Crippen molar-refractivity contribution in [1.82, 2.24) is 4.98 Å². The molecule has 17 heavy (non-hydrogen) atoms. The molecule has 0 unspecified atom stereocenters. The van der Waals surface area contributed by atoms with Crippen LogP contribution in [-0.2, 0) is 5.75 Å². The molecule has 4 heteroatoms. The smallest absolute Gasteiger partial charge is 0.142 e. The van der Waals surface area contributed by atoms with Gasteiger partial charge in [-0.3, -0.25) is 10.4 Å². The third kappa shape index (κ3) is 3.07. The Labute approximate surface area is 105 Å². The van der Waals surface area contributed by atoms with Crippen molar-refractivity contribution in [3.8, 4) is 0 Å². The van der Waals surface area contributed by atoms with Crippen LogP contribution in [0.25, 0.3) is 0 Å². The highest BCUT2D eigenvalue weighted by Gasteiger charge is 2.06. The zero-order valence-corrected chi connectivity index (χ0v) is 10.1. The highest BCUT2D eigenvalue weighted by atomic mass is 32.2. The maximum absolute atomic E-state index is 7.46. The van der Waals surface area contributed by atoms with Crippen LogP contribution in [-0.4, -0.2) is 10.8 Å². The molecule has 2 rings (SSSR count). The highest BCUT2D eigenvalue weighted by molar-refractivity contribution is 7.98. The van der Waals surface area contributed by atoms with Gasteiger partial charge in [-0.05, 0) is 17.7 Å². The lowest BCUT2D eigenvalue weighted by Gasteiger charge is -2.06. The van der Waals surface area contributed by atoms with Crippen molar-refractivity contribution in [2.45, 2.75) is 10.6 Å². The molecule has 86 valence electrons. The van der Waals surface area contributed by atoms with E-state index in [-0.39, 0.29) is 5.84 Å². The van der Waals surface area contributed by atoms with Gasteiger partial charge < -0.3 is 5.73 Å². The number of pyridine rings is 1. The van der Waals surface area contributed by atoms with Crippen LogP contribution in [0.2, 0.25) is 0 Å². The molecule has 2 aromatic rings. The van der Waals surface area contributed by atoms with Crippen LogP contribution in [0.4, 0.5) is 0 Å². The van der Waals surface area contributed by atoms with Crippen LogP contribution in [0.3, 0.4) is 0 Å². The van der Waals surface area contributed by atoms with Crippen LogP contribution >= 0.6 is 11.8 Å². The zero-order chi connectivity index (χ0) is 12.1. The summed E-state index contributed by atoms with van der Waals surface area (Å²) < 4.78 is 0. The Morgan fingerprint density at radius 3 is 2.65 bits per heavy atom. The van der Waals surface area contributed by atoms with E-state index in [0.717, 1.165) is 10.6 Å². The Hall–Kier alpha value is -1.81. The van der Waals surface area contributed by atoms with E-state index in [2.05, 4.69) is 17.1 Å². The molecule has 1 aromatic carbocycles. The first-order valence-electron chi connectivity index (χ1n) is 5.23. The Balaban J connectivity index is 2.12. The first kappa shape index (κ1) is 11.7. The fourth-order valence-electron chi connectivity index (χ4n) is 1.44. The largest absolute Gasteiger partial charge is 0.382 e.